The molecular formula is C22H15N3O3. The van der Waals surface area contributed by atoms with Crippen molar-refractivity contribution < 1.29 is 14.7 Å². The van der Waals surface area contributed by atoms with Crippen molar-refractivity contribution in [2.75, 3.05) is 0 Å². The zero-order valence-corrected chi connectivity index (χ0v) is 14.6. The third-order valence-electron chi connectivity index (χ3n) is 5.16. The molecular weight excluding hydrogens is 354 g/mol. The van der Waals surface area contributed by atoms with E-state index in [1.807, 2.05) is 36.4 Å². The lowest BCUT2D eigenvalue weighted by molar-refractivity contribution is 0.0697. The fraction of sp³-hybridized carbons (Fsp3) is 0.0455. The van der Waals surface area contributed by atoms with Crippen LogP contribution >= 0.6 is 0 Å². The lowest BCUT2D eigenvalue weighted by atomic mass is 9.99. The Morgan fingerprint density at radius 3 is 2.64 bits per heavy atom. The molecule has 0 bridgehead atoms. The number of aromatic nitrogens is 2. The van der Waals surface area contributed by atoms with Gasteiger partial charge in [-0.2, -0.15) is 0 Å². The van der Waals surface area contributed by atoms with Crippen molar-refractivity contribution in [2.45, 2.75) is 6.04 Å². The molecule has 0 fully saturated rings. The first-order valence-corrected chi connectivity index (χ1v) is 8.83. The second-order valence-electron chi connectivity index (χ2n) is 6.67. The van der Waals surface area contributed by atoms with Gasteiger partial charge in [0.1, 0.15) is 5.65 Å². The summed E-state index contributed by atoms with van der Waals surface area (Å²) in [5.41, 5.74) is 4.57. The molecule has 2 aromatic carbocycles. The number of pyridine rings is 1. The van der Waals surface area contributed by atoms with Gasteiger partial charge in [0, 0.05) is 23.3 Å². The monoisotopic (exact) mass is 369 g/mol. The van der Waals surface area contributed by atoms with Gasteiger partial charge in [-0.05, 0) is 34.9 Å². The molecule has 6 nitrogen and oxygen atoms in total. The van der Waals surface area contributed by atoms with Gasteiger partial charge in [-0.25, -0.2) is 9.78 Å². The van der Waals surface area contributed by atoms with E-state index < -0.39 is 12.0 Å². The predicted octanol–water partition coefficient (Wildman–Crippen LogP) is 3.76. The van der Waals surface area contributed by atoms with E-state index in [4.69, 9.17) is 0 Å². The maximum Gasteiger partial charge on any atom is 0.336 e. The van der Waals surface area contributed by atoms with Crippen LogP contribution < -0.4 is 5.32 Å². The Hall–Kier alpha value is -3.93. The Morgan fingerprint density at radius 2 is 1.79 bits per heavy atom. The normalized spacial score (nSPS) is 14.5. The molecule has 1 atom stereocenters. The van der Waals surface area contributed by atoms with Gasteiger partial charge in [0.25, 0.3) is 5.91 Å². The summed E-state index contributed by atoms with van der Waals surface area (Å²) in [4.78, 5) is 32.0. The van der Waals surface area contributed by atoms with Gasteiger partial charge in [-0.3, -0.25) is 4.79 Å². The quantitative estimate of drug-likeness (QED) is 0.512. The molecule has 1 amide bonds. The standard InChI is InChI=1S/C22H15N3O3/c26-21(15-9-11-24-20-14(15)8-10-23-20)25-19-13-5-2-1-4-12(13)18-16(19)6-3-7-17(18)22(27)28/h1-11,19H,(H,23,24)(H,25,26)(H,27,28). The van der Waals surface area contributed by atoms with Crippen LogP contribution in [0.2, 0.25) is 0 Å². The SMILES string of the molecule is O=C(O)c1cccc2c1-c1ccccc1C2NC(=O)c1ccnc2[nH]ccc12. The van der Waals surface area contributed by atoms with E-state index in [-0.39, 0.29) is 11.5 Å². The van der Waals surface area contributed by atoms with Crippen molar-refractivity contribution in [3.8, 4) is 11.1 Å². The smallest absolute Gasteiger partial charge is 0.336 e. The maximum absolute atomic E-state index is 13.1. The minimum absolute atomic E-state index is 0.235. The molecule has 1 aliphatic carbocycles. The summed E-state index contributed by atoms with van der Waals surface area (Å²) in [5.74, 6) is -1.22. The highest BCUT2D eigenvalue weighted by Crippen LogP contribution is 2.45. The molecule has 0 spiro atoms. The Bertz CT molecular complexity index is 1260. The average molecular weight is 369 g/mol. The number of hydrogen-bond donors (Lipinski definition) is 3. The molecule has 4 aromatic rings. The molecule has 0 saturated carbocycles. The molecule has 0 aliphatic heterocycles. The second-order valence-corrected chi connectivity index (χ2v) is 6.67. The number of carboxylic acid groups (broad SMARTS) is 1. The minimum atomic E-state index is -0.984. The van der Waals surface area contributed by atoms with Crippen LogP contribution in [-0.2, 0) is 0 Å². The third-order valence-corrected chi connectivity index (χ3v) is 5.16. The number of carboxylic acids is 1. The van der Waals surface area contributed by atoms with Crippen LogP contribution in [0, 0.1) is 0 Å². The number of nitrogens with zero attached hydrogens (tertiary/aromatic N) is 1. The van der Waals surface area contributed by atoms with E-state index in [0.29, 0.717) is 16.8 Å². The van der Waals surface area contributed by atoms with Crippen LogP contribution in [-0.4, -0.2) is 27.0 Å². The number of H-pyrrole nitrogens is 1. The number of rotatable bonds is 3. The molecule has 5 rings (SSSR count). The van der Waals surface area contributed by atoms with Gasteiger partial charge in [0.2, 0.25) is 0 Å². The van der Waals surface area contributed by atoms with Gasteiger partial charge in [0.15, 0.2) is 0 Å². The molecule has 0 saturated heterocycles. The van der Waals surface area contributed by atoms with Crippen LogP contribution in [0.25, 0.3) is 22.2 Å². The third kappa shape index (κ3) is 2.31. The number of aromatic carboxylic acids is 1. The summed E-state index contributed by atoms with van der Waals surface area (Å²) in [6.07, 6.45) is 3.33. The van der Waals surface area contributed by atoms with E-state index in [1.165, 1.54) is 0 Å². The Labute approximate surface area is 159 Å². The van der Waals surface area contributed by atoms with E-state index >= 15 is 0 Å². The molecule has 136 valence electrons. The van der Waals surface area contributed by atoms with Crippen molar-refractivity contribution >= 4 is 22.9 Å². The van der Waals surface area contributed by atoms with Crippen molar-refractivity contribution in [1.82, 2.24) is 15.3 Å². The van der Waals surface area contributed by atoms with E-state index in [9.17, 15) is 14.7 Å². The average Bonchev–Trinajstić information content (AvgIpc) is 3.31. The molecule has 6 heteroatoms. The number of carbonyl (C=O) groups excluding carboxylic acids is 1. The first-order chi connectivity index (χ1) is 13.6. The number of amides is 1. The summed E-state index contributed by atoms with van der Waals surface area (Å²) in [6, 6.07) is 15.8. The highest BCUT2D eigenvalue weighted by atomic mass is 16.4. The van der Waals surface area contributed by atoms with Crippen molar-refractivity contribution in [2.24, 2.45) is 0 Å². The Morgan fingerprint density at radius 1 is 0.964 bits per heavy atom. The molecule has 0 radical (unpaired) electrons. The molecule has 1 aliphatic rings. The highest BCUT2D eigenvalue weighted by molar-refractivity contribution is 6.06. The lowest BCUT2D eigenvalue weighted by Gasteiger charge is -2.16. The van der Waals surface area contributed by atoms with Gasteiger partial charge in [0.05, 0.1) is 17.2 Å². The van der Waals surface area contributed by atoms with Crippen LogP contribution in [0.15, 0.2) is 67.0 Å². The molecule has 28 heavy (non-hydrogen) atoms. The zero-order chi connectivity index (χ0) is 19.3. The molecule has 1 unspecified atom stereocenters. The number of aromatic amines is 1. The Balaban J connectivity index is 1.62. The van der Waals surface area contributed by atoms with E-state index in [2.05, 4.69) is 15.3 Å². The minimum Gasteiger partial charge on any atom is -0.478 e. The predicted molar refractivity (Wildman–Crippen MR) is 104 cm³/mol. The first kappa shape index (κ1) is 16.3. The largest absolute Gasteiger partial charge is 0.478 e. The molecule has 3 N–H and O–H groups in total. The number of nitrogens with one attached hydrogen (secondary N) is 2. The summed E-state index contributed by atoms with van der Waals surface area (Å²) >= 11 is 0. The summed E-state index contributed by atoms with van der Waals surface area (Å²) in [7, 11) is 0. The second kappa shape index (κ2) is 6.06. The fourth-order valence-corrected chi connectivity index (χ4v) is 3.96. The van der Waals surface area contributed by atoms with Crippen LogP contribution in [0.1, 0.15) is 37.9 Å². The Kier molecular flexibility index (Phi) is 3.52. The number of fused-ring (bicyclic) bond motifs is 4. The first-order valence-electron chi connectivity index (χ1n) is 8.83. The number of benzene rings is 2. The fourth-order valence-electron chi connectivity index (χ4n) is 3.96. The summed E-state index contributed by atoms with van der Waals surface area (Å²) in [6.45, 7) is 0. The topological polar surface area (TPSA) is 95.1 Å². The lowest BCUT2D eigenvalue weighted by Crippen LogP contribution is -2.28. The van der Waals surface area contributed by atoms with Crippen LogP contribution in [0.5, 0.6) is 0 Å². The zero-order valence-electron chi connectivity index (χ0n) is 14.6. The van der Waals surface area contributed by atoms with Gasteiger partial charge >= 0.3 is 5.97 Å². The summed E-state index contributed by atoms with van der Waals surface area (Å²) < 4.78 is 0. The maximum atomic E-state index is 13.1. The van der Waals surface area contributed by atoms with Gasteiger partial charge in [-0.15, -0.1) is 0 Å². The van der Waals surface area contributed by atoms with Crippen LogP contribution in [0.4, 0.5) is 0 Å². The van der Waals surface area contributed by atoms with Crippen molar-refractivity contribution in [3.63, 3.8) is 0 Å². The summed E-state index contributed by atoms with van der Waals surface area (Å²) in [5, 5.41) is 13.4. The number of hydrogen-bond acceptors (Lipinski definition) is 3. The van der Waals surface area contributed by atoms with Crippen LogP contribution in [0.3, 0.4) is 0 Å². The van der Waals surface area contributed by atoms with Crippen molar-refractivity contribution in [3.05, 3.63) is 89.2 Å². The van der Waals surface area contributed by atoms with E-state index in [0.717, 1.165) is 22.1 Å². The molecule has 2 aromatic heterocycles. The van der Waals surface area contributed by atoms with E-state index in [1.54, 1.807) is 30.6 Å². The number of carbonyl (C=O) groups is 2. The van der Waals surface area contributed by atoms with Crippen molar-refractivity contribution in [1.29, 1.82) is 0 Å². The van der Waals surface area contributed by atoms with Gasteiger partial charge in [-0.1, -0.05) is 36.4 Å². The molecule has 2 heterocycles. The highest BCUT2D eigenvalue weighted by Gasteiger charge is 2.33. The van der Waals surface area contributed by atoms with Gasteiger partial charge < -0.3 is 15.4 Å².